The number of ether oxygens (including phenoxy) is 1. The van der Waals surface area contributed by atoms with Crippen molar-refractivity contribution in [3.8, 4) is 6.07 Å². The molecule has 138 valence electrons. The van der Waals surface area contributed by atoms with Gasteiger partial charge in [-0.1, -0.05) is 17.7 Å². The maximum Gasteiger partial charge on any atom is 0.408 e. The van der Waals surface area contributed by atoms with Gasteiger partial charge in [0.2, 0.25) is 0 Å². The van der Waals surface area contributed by atoms with Gasteiger partial charge in [0.25, 0.3) is 5.91 Å². The summed E-state index contributed by atoms with van der Waals surface area (Å²) in [6.07, 6.45) is -0.753. The van der Waals surface area contributed by atoms with Crippen LogP contribution >= 0.6 is 11.6 Å². The van der Waals surface area contributed by atoms with Crippen LogP contribution in [0, 0.1) is 18.3 Å². The smallest absolute Gasteiger partial charge is 0.408 e. The fourth-order valence-corrected chi connectivity index (χ4v) is 2.78. The van der Waals surface area contributed by atoms with Gasteiger partial charge in [0.15, 0.2) is 0 Å². The molecule has 0 aliphatic carbocycles. The summed E-state index contributed by atoms with van der Waals surface area (Å²) in [5.41, 5.74) is 0.527. The van der Waals surface area contributed by atoms with Crippen molar-refractivity contribution in [3.05, 3.63) is 33.8 Å². The highest BCUT2D eigenvalue weighted by Crippen LogP contribution is 2.30. The molecule has 1 heterocycles. The number of carbonyl (C=O) groups is 3. The lowest BCUT2D eigenvalue weighted by Crippen LogP contribution is -2.46. The molecule has 0 aromatic heterocycles. The summed E-state index contributed by atoms with van der Waals surface area (Å²) in [5, 5.41) is 16.5. The molecule has 0 saturated carbocycles. The molecule has 0 radical (unpaired) electrons. The van der Waals surface area contributed by atoms with Gasteiger partial charge in [-0.2, -0.15) is 5.26 Å². The number of nitrogens with zero attached hydrogens (tertiary/aromatic N) is 1. The molecule has 2 unspecified atom stereocenters. The predicted molar refractivity (Wildman–Crippen MR) is 93.5 cm³/mol. The second-order valence-electron chi connectivity index (χ2n) is 6.82. The number of benzene rings is 1. The van der Waals surface area contributed by atoms with E-state index >= 15 is 0 Å². The Bertz CT molecular complexity index is 810. The summed E-state index contributed by atoms with van der Waals surface area (Å²) in [6, 6.07) is 2.41. The summed E-state index contributed by atoms with van der Waals surface area (Å²) in [7, 11) is 0. The van der Waals surface area contributed by atoms with E-state index in [0.717, 1.165) is 0 Å². The van der Waals surface area contributed by atoms with Gasteiger partial charge in [0.1, 0.15) is 17.7 Å². The topological polar surface area (TPSA) is 120 Å². The Hall–Kier alpha value is -2.79. The first kappa shape index (κ1) is 19.5. The zero-order chi connectivity index (χ0) is 19.6. The number of halogens is 1. The SMILES string of the molecule is Cc1c(C(NC(=O)OC(C)(C)C)C2NC(=O)NC2=O)ccc(C#N)c1Cl. The summed E-state index contributed by atoms with van der Waals surface area (Å²) in [5.74, 6) is -0.587. The molecule has 9 heteroatoms. The summed E-state index contributed by atoms with van der Waals surface area (Å²) in [6.45, 7) is 6.78. The number of nitriles is 1. The second kappa shape index (κ2) is 7.22. The molecule has 0 bridgehead atoms. The van der Waals surface area contributed by atoms with Crippen molar-refractivity contribution in [2.24, 2.45) is 0 Å². The van der Waals surface area contributed by atoms with Crippen molar-refractivity contribution in [2.75, 3.05) is 0 Å². The van der Waals surface area contributed by atoms with Crippen molar-refractivity contribution < 1.29 is 19.1 Å². The van der Waals surface area contributed by atoms with Gasteiger partial charge in [-0.15, -0.1) is 0 Å². The first-order valence-electron chi connectivity index (χ1n) is 7.83. The van der Waals surface area contributed by atoms with E-state index in [-0.39, 0.29) is 10.6 Å². The molecule has 3 N–H and O–H groups in total. The van der Waals surface area contributed by atoms with E-state index in [1.807, 2.05) is 6.07 Å². The van der Waals surface area contributed by atoms with Gasteiger partial charge >= 0.3 is 12.1 Å². The normalized spacial score (nSPS) is 17.8. The van der Waals surface area contributed by atoms with Crippen LogP contribution in [-0.4, -0.2) is 29.7 Å². The highest BCUT2D eigenvalue weighted by Gasteiger charge is 2.39. The van der Waals surface area contributed by atoms with Crippen LogP contribution in [0.1, 0.15) is 43.5 Å². The monoisotopic (exact) mass is 378 g/mol. The molecule has 1 fully saturated rings. The molecular formula is C17H19ClN4O4. The van der Waals surface area contributed by atoms with E-state index in [1.165, 1.54) is 6.07 Å². The van der Waals surface area contributed by atoms with Gasteiger partial charge in [0.05, 0.1) is 16.6 Å². The third-order valence-electron chi connectivity index (χ3n) is 3.70. The molecule has 4 amide bonds. The molecule has 2 rings (SSSR count). The molecule has 1 saturated heterocycles. The molecule has 0 spiro atoms. The third-order valence-corrected chi connectivity index (χ3v) is 4.18. The molecule has 1 aliphatic rings. The van der Waals surface area contributed by atoms with Gasteiger partial charge < -0.3 is 15.4 Å². The Balaban J connectivity index is 2.43. The van der Waals surface area contributed by atoms with E-state index in [1.54, 1.807) is 33.8 Å². The quantitative estimate of drug-likeness (QED) is 0.697. The van der Waals surface area contributed by atoms with Crippen LogP contribution in [0.4, 0.5) is 9.59 Å². The van der Waals surface area contributed by atoms with Crippen LogP contribution in [0.3, 0.4) is 0 Å². The van der Waals surface area contributed by atoms with Gasteiger partial charge in [-0.25, -0.2) is 9.59 Å². The van der Waals surface area contributed by atoms with Gasteiger partial charge in [-0.3, -0.25) is 10.1 Å². The number of carbonyl (C=O) groups excluding carboxylic acids is 3. The Labute approximate surface area is 155 Å². The third kappa shape index (κ3) is 4.24. The number of nitrogens with one attached hydrogen (secondary N) is 3. The van der Waals surface area contributed by atoms with E-state index in [9.17, 15) is 14.4 Å². The van der Waals surface area contributed by atoms with Crippen molar-refractivity contribution in [1.82, 2.24) is 16.0 Å². The fourth-order valence-electron chi connectivity index (χ4n) is 2.57. The molecule has 1 aliphatic heterocycles. The van der Waals surface area contributed by atoms with Crippen LogP contribution in [0.5, 0.6) is 0 Å². The maximum atomic E-state index is 12.2. The Kier molecular flexibility index (Phi) is 5.42. The largest absolute Gasteiger partial charge is 0.444 e. The van der Waals surface area contributed by atoms with Crippen LogP contribution in [-0.2, 0) is 9.53 Å². The average Bonchev–Trinajstić information content (AvgIpc) is 2.84. The molecule has 8 nitrogen and oxygen atoms in total. The number of amides is 4. The standard InChI is InChI=1S/C17H19ClN4O4/c1-8-10(6-5-9(7-19)11(8)18)12(13-14(23)22-15(24)20-13)21-16(25)26-17(2,3)4/h5-6,12-13H,1-4H3,(H,21,25)(H2,20,22,23,24). The van der Waals surface area contributed by atoms with E-state index < -0.39 is 35.7 Å². The number of hydrogen-bond acceptors (Lipinski definition) is 5. The van der Waals surface area contributed by atoms with E-state index in [0.29, 0.717) is 11.1 Å². The summed E-state index contributed by atoms with van der Waals surface area (Å²) < 4.78 is 5.25. The summed E-state index contributed by atoms with van der Waals surface area (Å²) >= 11 is 6.20. The predicted octanol–water partition coefficient (Wildman–Crippen LogP) is 2.29. The zero-order valence-corrected chi connectivity index (χ0v) is 15.5. The first-order valence-corrected chi connectivity index (χ1v) is 8.21. The van der Waals surface area contributed by atoms with Gasteiger partial charge in [0, 0.05) is 0 Å². The van der Waals surface area contributed by atoms with Crippen LogP contribution < -0.4 is 16.0 Å². The Morgan fingerprint density at radius 2 is 2.04 bits per heavy atom. The first-order chi connectivity index (χ1) is 12.0. The number of rotatable bonds is 3. The zero-order valence-electron chi connectivity index (χ0n) is 14.8. The average molecular weight is 379 g/mol. The Morgan fingerprint density at radius 1 is 1.38 bits per heavy atom. The van der Waals surface area contributed by atoms with Crippen LogP contribution in [0.15, 0.2) is 12.1 Å². The minimum atomic E-state index is -1.04. The highest BCUT2D eigenvalue weighted by molar-refractivity contribution is 6.32. The van der Waals surface area contributed by atoms with Crippen LogP contribution in [0.2, 0.25) is 5.02 Å². The lowest BCUT2D eigenvalue weighted by molar-refractivity contribution is -0.120. The maximum absolute atomic E-state index is 12.2. The van der Waals surface area contributed by atoms with Crippen molar-refractivity contribution in [3.63, 3.8) is 0 Å². The molecule has 1 aromatic carbocycles. The molecule has 2 atom stereocenters. The van der Waals surface area contributed by atoms with E-state index in [4.69, 9.17) is 21.6 Å². The minimum absolute atomic E-state index is 0.214. The fraction of sp³-hybridized carbons (Fsp3) is 0.412. The Morgan fingerprint density at radius 3 is 2.54 bits per heavy atom. The lowest BCUT2D eigenvalue weighted by Gasteiger charge is -2.27. The minimum Gasteiger partial charge on any atom is -0.444 e. The highest BCUT2D eigenvalue weighted by atomic mass is 35.5. The lowest BCUT2D eigenvalue weighted by atomic mass is 9.94. The van der Waals surface area contributed by atoms with Gasteiger partial charge in [-0.05, 0) is 44.9 Å². The van der Waals surface area contributed by atoms with Crippen molar-refractivity contribution in [1.29, 1.82) is 5.26 Å². The summed E-state index contributed by atoms with van der Waals surface area (Å²) in [4.78, 5) is 35.9. The number of alkyl carbamates (subject to hydrolysis) is 1. The van der Waals surface area contributed by atoms with Crippen LogP contribution in [0.25, 0.3) is 0 Å². The second-order valence-corrected chi connectivity index (χ2v) is 7.20. The van der Waals surface area contributed by atoms with Crippen molar-refractivity contribution in [2.45, 2.75) is 45.4 Å². The van der Waals surface area contributed by atoms with E-state index in [2.05, 4.69) is 16.0 Å². The van der Waals surface area contributed by atoms with Crippen molar-refractivity contribution >= 4 is 29.6 Å². The number of imide groups is 1. The molecule has 1 aromatic rings. The number of hydrogen-bond donors (Lipinski definition) is 3. The molecule has 26 heavy (non-hydrogen) atoms. The molecular weight excluding hydrogens is 360 g/mol. The number of urea groups is 1.